The van der Waals surface area contributed by atoms with Gasteiger partial charge in [0.2, 0.25) is 0 Å². The normalized spacial score (nSPS) is 14.6. The molecule has 0 saturated heterocycles. The van der Waals surface area contributed by atoms with E-state index < -0.39 is 10.7 Å². The first kappa shape index (κ1) is 20.3. The molecule has 0 aliphatic rings. The zero-order valence-corrected chi connectivity index (χ0v) is 18.0. The van der Waals surface area contributed by atoms with Crippen LogP contribution >= 0.6 is 27.7 Å². The Labute approximate surface area is 123 Å². The number of hydrogen-bond donors (Lipinski definition) is 0. The van der Waals surface area contributed by atoms with Crippen molar-refractivity contribution in [3.05, 3.63) is 0 Å². The van der Waals surface area contributed by atoms with Crippen LogP contribution in [0.15, 0.2) is 0 Å². The fourth-order valence-corrected chi connectivity index (χ4v) is 55.4. The predicted octanol–water partition coefficient (Wildman–Crippen LogP) is 5.10. The third-order valence-electron chi connectivity index (χ3n) is 4.01. The van der Waals surface area contributed by atoms with Crippen LogP contribution in [0.2, 0.25) is 0 Å². The Morgan fingerprint density at radius 3 is 0.875 bits per heavy atom. The van der Waals surface area contributed by atoms with E-state index in [1.807, 2.05) is 0 Å². The average molecular weight is 514 g/mol. The van der Waals surface area contributed by atoms with Crippen molar-refractivity contribution in [3.63, 3.8) is 0 Å². The second kappa shape index (κ2) is 9.89. The van der Waals surface area contributed by atoms with Crippen LogP contribution in [0.4, 0.5) is 0 Å². The molecule has 0 amide bonds. The van der Waals surface area contributed by atoms with E-state index in [-0.39, 0.29) is 17.0 Å². The Morgan fingerprint density at radius 2 is 0.750 bits per heavy atom. The van der Waals surface area contributed by atoms with Crippen molar-refractivity contribution in [2.24, 2.45) is 0 Å². The van der Waals surface area contributed by atoms with Gasteiger partial charge in [-0.25, -0.2) is 0 Å². The van der Waals surface area contributed by atoms with E-state index in [1.165, 1.54) is 0 Å². The topological polar surface area (TPSA) is 0 Å². The van der Waals surface area contributed by atoms with Gasteiger partial charge in [-0.15, -0.1) is 17.0 Å². The molecular formula is C12H33BrP2Pt. The molecule has 0 aromatic carbocycles. The fraction of sp³-hybridized carbons (Fsp3) is 1.00. The summed E-state index contributed by atoms with van der Waals surface area (Å²) < 4.78 is 0. The summed E-state index contributed by atoms with van der Waals surface area (Å²) >= 11 is 0.586. The van der Waals surface area contributed by atoms with Gasteiger partial charge in [-0.05, 0) is 0 Å². The molecule has 0 aliphatic carbocycles. The van der Waals surface area contributed by atoms with Gasteiger partial charge in [-0.3, -0.25) is 0 Å². The van der Waals surface area contributed by atoms with Crippen molar-refractivity contribution >= 4 is 27.7 Å². The molecule has 0 bridgehead atoms. The van der Waals surface area contributed by atoms with Gasteiger partial charge in [-0.1, -0.05) is 0 Å². The third-order valence-corrected chi connectivity index (χ3v) is 50.2. The summed E-state index contributed by atoms with van der Waals surface area (Å²) in [5.74, 6) is 0. The van der Waals surface area contributed by atoms with Gasteiger partial charge in [0.15, 0.2) is 0 Å². The van der Waals surface area contributed by atoms with Crippen LogP contribution in [0.5, 0.6) is 0 Å². The summed E-state index contributed by atoms with van der Waals surface area (Å²) in [7, 11) is 0. The van der Waals surface area contributed by atoms with E-state index in [0.717, 1.165) is 0 Å². The van der Waals surface area contributed by atoms with Crippen molar-refractivity contribution in [2.45, 2.75) is 41.5 Å². The summed E-state index contributed by atoms with van der Waals surface area (Å²) in [6, 6.07) is 0. The van der Waals surface area contributed by atoms with Crippen LogP contribution in [0, 0.1) is 0 Å². The molecule has 0 atom stereocenters. The number of hydrogen-bond acceptors (Lipinski definition) is 0. The Hall–Kier alpha value is 2.03. The molecular weight excluding hydrogens is 481 g/mol. The Bertz CT molecular complexity index is 134. The molecule has 0 radical (unpaired) electrons. The summed E-state index contributed by atoms with van der Waals surface area (Å²) in [6.07, 6.45) is 9.43. The maximum absolute atomic E-state index is 2.49. The van der Waals surface area contributed by atoms with Gasteiger partial charge in [0.05, 0.1) is 0 Å². The molecule has 0 aliphatic heterocycles. The summed E-state index contributed by atoms with van der Waals surface area (Å²) in [5.41, 5.74) is 0. The maximum atomic E-state index is 2.49. The van der Waals surface area contributed by atoms with E-state index in [2.05, 4.69) is 41.5 Å². The van der Waals surface area contributed by atoms with Gasteiger partial charge in [0.25, 0.3) is 0 Å². The molecule has 0 fully saturated rings. The first-order chi connectivity index (χ1) is 7.07. The quantitative estimate of drug-likeness (QED) is 0.396. The Morgan fingerprint density at radius 1 is 0.562 bits per heavy atom. The molecule has 0 aromatic heterocycles. The van der Waals surface area contributed by atoms with E-state index in [9.17, 15) is 0 Å². The summed E-state index contributed by atoms with van der Waals surface area (Å²) in [4.78, 5) is 0. The monoisotopic (exact) mass is 513 g/mol. The zero-order valence-electron chi connectivity index (χ0n) is 12.0. The number of rotatable bonds is 8. The Kier molecular flexibility index (Phi) is 12.6. The standard InChI is InChI=1S/2C6H15P.BrH.Pt/c2*1-4-7(5-2)6-3;;/h2*4-6H2,1-3H3;1H;/q;;;-2/p+2. The second-order valence-electron chi connectivity index (χ2n) is 4.37. The van der Waals surface area contributed by atoms with Crippen LogP contribution in [0.1, 0.15) is 41.5 Å². The van der Waals surface area contributed by atoms with Crippen molar-refractivity contribution in [1.82, 2.24) is 0 Å². The van der Waals surface area contributed by atoms with Crippen LogP contribution in [0.3, 0.4) is 0 Å². The molecule has 0 saturated carbocycles. The van der Waals surface area contributed by atoms with Gasteiger partial charge < -0.3 is 0 Å². The van der Waals surface area contributed by atoms with Crippen LogP contribution in [0.25, 0.3) is 0 Å². The Balaban J connectivity index is 0. The van der Waals surface area contributed by atoms with Gasteiger partial charge in [0, 0.05) is 0 Å². The molecule has 0 aromatic rings. The molecule has 108 valence electrons. The molecule has 0 unspecified atom stereocenters. The summed E-state index contributed by atoms with van der Waals surface area (Å²) in [5, 5.41) is -1.49. The van der Waals surface area contributed by atoms with Crippen molar-refractivity contribution in [2.75, 3.05) is 37.0 Å². The van der Waals surface area contributed by atoms with Crippen LogP contribution in [-0.4, -0.2) is 37.0 Å². The third kappa shape index (κ3) is 5.34. The molecule has 0 nitrogen and oxygen atoms in total. The van der Waals surface area contributed by atoms with Crippen molar-refractivity contribution in [1.29, 1.82) is 0 Å². The van der Waals surface area contributed by atoms with E-state index in [0.29, 0.717) is 17.5 Å². The average Bonchev–Trinajstić information content (AvgIpc) is 2.33. The van der Waals surface area contributed by atoms with Crippen molar-refractivity contribution < 1.29 is 17.5 Å². The van der Waals surface area contributed by atoms with Crippen LogP contribution in [-0.2, 0) is 17.5 Å². The molecule has 4 heteroatoms. The fourth-order valence-electron chi connectivity index (χ4n) is 2.19. The first-order valence-electron chi connectivity index (χ1n) is 6.68. The second-order valence-corrected chi connectivity index (χ2v) is 33.2. The first-order valence-corrected chi connectivity index (χ1v) is 18.4. The minimum absolute atomic E-state index is 0. The van der Waals surface area contributed by atoms with Gasteiger partial charge >= 0.3 is 107 Å². The van der Waals surface area contributed by atoms with E-state index >= 15 is 0 Å². The summed E-state index contributed by atoms with van der Waals surface area (Å²) in [6.45, 7) is 14.9. The van der Waals surface area contributed by atoms with Gasteiger partial charge in [-0.2, -0.15) is 0 Å². The molecule has 0 heterocycles. The van der Waals surface area contributed by atoms with E-state index in [4.69, 9.17) is 0 Å². The van der Waals surface area contributed by atoms with Crippen molar-refractivity contribution in [3.8, 4) is 0 Å². The minimum atomic E-state index is -0.743. The molecule has 0 spiro atoms. The zero-order chi connectivity index (χ0) is 11.9. The SMILES string of the molecule is Br.CC[PH](CC)(CC)[Pt][PH](CC)(CC)CC. The molecule has 0 N–H and O–H groups in total. The van der Waals surface area contributed by atoms with Crippen LogP contribution < -0.4 is 0 Å². The van der Waals surface area contributed by atoms with Gasteiger partial charge in [0.1, 0.15) is 0 Å². The van der Waals surface area contributed by atoms with E-state index in [1.54, 1.807) is 37.0 Å². The molecule has 0 rings (SSSR count). The predicted molar refractivity (Wildman–Crippen MR) is 90.2 cm³/mol. The number of halogens is 1. The molecule has 16 heavy (non-hydrogen) atoms.